The molecule has 1 saturated heterocycles. The van der Waals surface area contributed by atoms with Crippen LogP contribution >= 0.6 is 11.3 Å². The van der Waals surface area contributed by atoms with Crippen LogP contribution in [0.2, 0.25) is 0 Å². The van der Waals surface area contributed by atoms with Crippen molar-refractivity contribution < 1.29 is 14.3 Å². The molecule has 3 aromatic rings. The van der Waals surface area contributed by atoms with E-state index in [-0.39, 0.29) is 5.91 Å². The Kier molecular flexibility index (Phi) is 6.51. The predicted molar refractivity (Wildman–Crippen MR) is 133 cm³/mol. The molecule has 7 heteroatoms. The van der Waals surface area contributed by atoms with Crippen LogP contribution in [0.1, 0.15) is 31.2 Å². The number of likely N-dealkylation sites (tertiary alicyclic amines) is 1. The fraction of sp³-hybridized carbons (Fsp3) is 0.346. The van der Waals surface area contributed by atoms with Crippen molar-refractivity contribution in [3.63, 3.8) is 0 Å². The van der Waals surface area contributed by atoms with Crippen molar-refractivity contribution in [2.45, 2.75) is 32.2 Å². The summed E-state index contributed by atoms with van der Waals surface area (Å²) in [5.41, 5.74) is 9.71. The molecule has 1 fully saturated rings. The topological polar surface area (TPSA) is 76.8 Å². The van der Waals surface area contributed by atoms with E-state index in [9.17, 15) is 4.79 Å². The Balaban J connectivity index is 1.06. The standard InChI is InChI=1S/C26H29N3O3S/c27-21-8-7-20(25-4-2-12-33-25)14-22(21)28-26(30)5-1-3-18-10-11-29(15-18)16-19-6-9-23-24(13-19)32-17-31-23/h2,4,6-9,12-14,18H,1,3,5,10-11,15-17,27H2,(H,28,30). The number of nitrogens with two attached hydrogens (primary N) is 1. The lowest BCUT2D eigenvalue weighted by Crippen LogP contribution is -2.20. The van der Waals surface area contributed by atoms with Gasteiger partial charge in [-0.15, -0.1) is 11.3 Å². The number of rotatable bonds is 8. The largest absolute Gasteiger partial charge is 0.454 e. The maximum Gasteiger partial charge on any atom is 0.231 e. The van der Waals surface area contributed by atoms with Gasteiger partial charge in [0.25, 0.3) is 0 Å². The van der Waals surface area contributed by atoms with Crippen molar-refractivity contribution in [3.8, 4) is 21.9 Å². The quantitative estimate of drug-likeness (QED) is 0.440. The molecule has 0 aliphatic carbocycles. The van der Waals surface area contributed by atoms with E-state index in [1.807, 2.05) is 35.7 Å². The fourth-order valence-electron chi connectivity index (χ4n) is 4.61. The van der Waals surface area contributed by atoms with Crippen LogP contribution < -0.4 is 20.5 Å². The zero-order valence-corrected chi connectivity index (χ0v) is 19.4. The molecule has 0 saturated carbocycles. The number of hydrogen-bond donors (Lipinski definition) is 2. The van der Waals surface area contributed by atoms with Crippen LogP contribution in [0.25, 0.3) is 10.4 Å². The predicted octanol–water partition coefficient (Wildman–Crippen LogP) is 5.36. The van der Waals surface area contributed by atoms with Gasteiger partial charge in [-0.05, 0) is 78.6 Å². The van der Waals surface area contributed by atoms with Gasteiger partial charge in [-0.3, -0.25) is 9.69 Å². The maximum atomic E-state index is 12.5. The summed E-state index contributed by atoms with van der Waals surface area (Å²) >= 11 is 1.67. The number of nitrogens with zero attached hydrogens (tertiary/aromatic N) is 1. The molecule has 172 valence electrons. The van der Waals surface area contributed by atoms with Crippen LogP contribution in [0.4, 0.5) is 11.4 Å². The zero-order chi connectivity index (χ0) is 22.6. The molecule has 3 heterocycles. The van der Waals surface area contributed by atoms with E-state index < -0.39 is 0 Å². The van der Waals surface area contributed by atoms with Crippen molar-refractivity contribution in [3.05, 3.63) is 59.5 Å². The highest BCUT2D eigenvalue weighted by Gasteiger charge is 2.23. The first-order chi connectivity index (χ1) is 16.1. The van der Waals surface area contributed by atoms with Gasteiger partial charge >= 0.3 is 0 Å². The molecule has 0 radical (unpaired) electrons. The van der Waals surface area contributed by atoms with Crippen LogP contribution in [-0.4, -0.2) is 30.7 Å². The lowest BCUT2D eigenvalue weighted by Gasteiger charge is -2.16. The Bertz CT molecular complexity index is 1120. The molecule has 0 spiro atoms. The number of amides is 1. The summed E-state index contributed by atoms with van der Waals surface area (Å²) in [4.78, 5) is 16.2. The molecule has 1 aromatic heterocycles. The summed E-state index contributed by atoms with van der Waals surface area (Å²) in [5.74, 6) is 2.34. The number of carbonyl (C=O) groups is 1. The van der Waals surface area contributed by atoms with Gasteiger partial charge in [0, 0.05) is 24.4 Å². The highest BCUT2D eigenvalue weighted by molar-refractivity contribution is 7.13. The van der Waals surface area contributed by atoms with Crippen LogP contribution in [-0.2, 0) is 11.3 Å². The minimum absolute atomic E-state index is 0.0280. The van der Waals surface area contributed by atoms with Crippen molar-refractivity contribution in [2.75, 3.05) is 30.9 Å². The molecule has 1 amide bonds. The summed E-state index contributed by atoms with van der Waals surface area (Å²) in [6.07, 6.45) is 3.65. The maximum absolute atomic E-state index is 12.5. The van der Waals surface area contributed by atoms with Gasteiger partial charge in [0.05, 0.1) is 11.4 Å². The second-order valence-electron chi connectivity index (χ2n) is 8.80. The van der Waals surface area contributed by atoms with Gasteiger partial charge in [-0.2, -0.15) is 0 Å². The Morgan fingerprint density at radius 1 is 1.15 bits per heavy atom. The smallest absolute Gasteiger partial charge is 0.231 e. The van der Waals surface area contributed by atoms with Gasteiger partial charge in [0.2, 0.25) is 12.7 Å². The first-order valence-electron chi connectivity index (χ1n) is 11.5. The van der Waals surface area contributed by atoms with Gasteiger partial charge in [0.1, 0.15) is 0 Å². The third kappa shape index (κ3) is 5.31. The van der Waals surface area contributed by atoms with E-state index in [0.717, 1.165) is 54.4 Å². The monoisotopic (exact) mass is 463 g/mol. The average Bonchev–Trinajstić information content (AvgIpc) is 3.57. The van der Waals surface area contributed by atoms with Crippen LogP contribution in [0, 0.1) is 5.92 Å². The van der Waals surface area contributed by atoms with Crippen molar-refractivity contribution in [1.29, 1.82) is 0 Å². The van der Waals surface area contributed by atoms with E-state index in [4.69, 9.17) is 15.2 Å². The number of thiophene rings is 1. The minimum atomic E-state index is 0.0280. The second-order valence-corrected chi connectivity index (χ2v) is 9.74. The highest BCUT2D eigenvalue weighted by atomic mass is 32.1. The van der Waals surface area contributed by atoms with Crippen molar-refractivity contribution in [1.82, 2.24) is 4.90 Å². The molecule has 1 atom stereocenters. The van der Waals surface area contributed by atoms with Crippen LogP contribution in [0.5, 0.6) is 11.5 Å². The Labute approximate surface area is 198 Å². The second kappa shape index (κ2) is 9.85. The minimum Gasteiger partial charge on any atom is -0.454 e. The summed E-state index contributed by atoms with van der Waals surface area (Å²) in [6, 6.07) is 16.1. The number of ether oxygens (including phenoxy) is 2. The third-order valence-corrected chi connectivity index (χ3v) is 7.28. The normalized spacial score (nSPS) is 17.4. The number of anilines is 2. The molecule has 2 aromatic carbocycles. The van der Waals surface area contributed by atoms with E-state index in [0.29, 0.717) is 30.5 Å². The number of fused-ring (bicyclic) bond motifs is 1. The lowest BCUT2D eigenvalue weighted by molar-refractivity contribution is -0.116. The molecule has 2 aliphatic rings. The molecular formula is C26H29N3O3S. The van der Waals surface area contributed by atoms with Gasteiger partial charge in [0.15, 0.2) is 11.5 Å². The Hall–Kier alpha value is -3.03. The molecule has 33 heavy (non-hydrogen) atoms. The molecule has 5 rings (SSSR count). The van der Waals surface area contributed by atoms with Crippen molar-refractivity contribution >= 4 is 28.6 Å². The Morgan fingerprint density at radius 3 is 2.94 bits per heavy atom. The van der Waals surface area contributed by atoms with Gasteiger partial charge in [-0.1, -0.05) is 18.2 Å². The molecule has 3 N–H and O–H groups in total. The van der Waals surface area contributed by atoms with Gasteiger partial charge < -0.3 is 20.5 Å². The van der Waals surface area contributed by atoms with E-state index in [1.54, 1.807) is 11.3 Å². The van der Waals surface area contributed by atoms with E-state index in [2.05, 4.69) is 28.4 Å². The fourth-order valence-corrected chi connectivity index (χ4v) is 5.34. The number of nitrogens with one attached hydrogen (secondary N) is 1. The van der Waals surface area contributed by atoms with Gasteiger partial charge in [-0.25, -0.2) is 0 Å². The molecular weight excluding hydrogens is 434 g/mol. The Morgan fingerprint density at radius 2 is 2.06 bits per heavy atom. The average molecular weight is 464 g/mol. The number of nitrogen functional groups attached to an aromatic ring is 1. The van der Waals surface area contributed by atoms with Crippen molar-refractivity contribution in [2.24, 2.45) is 5.92 Å². The van der Waals surface area contributed by atoms with E-state index in [1.165, 1.54) is 12.0 Å². The zero-order valence-electron chi connectivity index (χ0n) is 18.6. The summed E-state index contributed by atoms with van der Waals surface area (Å²) in [7, 11) is 0. The van der Waals surface area contributed by atoms with Crippen LogP contribution in [0.15, 0.2) is 53.9 Å². The summed E-state index contributed by atoms with van der Waals surface area (Å²) in [5, 5.41) is 5.05. The lowest BCUT2D eigenvalue weighted by atomic mass is 10.0. The SMILES string of the molecule is Nc1ccc(-c2cccs2)cc1NC(=O)CCCC1CCN(Cc2ccc3c(c2)OCO3)C1. The third-order valence-electron chi connectivity index (χ3n) is 6.36. The summed E-state index contributed by atoms with van der Waals surface area (Å²) < 4.78 is 10.9. The molecule has 0 bridgehead atoms. The van der Waals surface area contributed by atoms with Crippen LogP contribution in [0.3, 0.4) is 0 Å². The number of benzene rings is 2. The highest BCUT2D eigenvalue weighted by Crippen LogP contribution is 2.34. The first-order valence-corrected chi connectivity index (χ1v) is 12.4. The molecule has 1 unspecified atom stereocenters. The van der Waals surface area contributed by atoms with E-state index >= 15 is 0 Å². The number of hydrogen-bond acceptors (Lipinski definition) is 6. The molecule has 2 aliphatic heterocycles. The molecule has 6 nitrogen and oxygen atoms in total. The first kappa shape index (κ1) is 21.8. The summed E-state index contributed by atoms with van der Waals surface area (Å²) in [6.45, 7) is 3.40. The number of carbonyl (C=O) groups excluding carboxylic acids is 1.